The molecule has 6 nitrogen and oxygen atoms in total. The molecule has 2 aromatic heterocycles. The van der Waals surface area contributed by atoms with E-state index < -0.39 is 6.03 Å². The Bertz CT molecular complexity index is 589. The van der Waals surface area contributed by atoms with Gasteiger partial charge >= 0.3 is 6.03 Å². The minimum absolute atomic E-state index is 0.0375. The zero-order valence-electron chi connectivity index (χ0n) is 14.0. The molecule has 2 aromatic rings. The summed E-state index contributed by atoms with van der Waals surface area (Å²) < 4.78 is 5.38. The standard InChI is InChI=1S/C17H23N3O3S/c1-3-13(2)18-17(22)19-16(21)12-20(10-14-6-4-8-23-14)11-15-7-5-9-24-15/h4-9,13H,3,10-12H2,1-2H3,(H2,18,19,21,22)/p+1/t13-/m1/s1. The maximum Gasteiger partial charge on any atom is 0.321 e. The highest BCUT2D eigenvalue weighted by atomic mass is 32.1. The van der Waals surface area contributed by atoms with E-state index in [0.717, 1.165) is 17.1 Å². The maximum absolute atomic E-state index is 12.2. The Kier molecular flexibility index (Phi) is 7.02. The van der Waals surface area contributed by atoms with Gasteiger partial charge in [0.15, 0.2) is 12.3 Å². The summed E-state index contributed by atoms with van der Waals surface area (Å²) in [5.74, 6) is 0.521. The van der Waals surface area contributed by atoms with Crippen molar-refractivity contribution in [3.63, 3.8) is 0 Å². The Morgan fingerprint density at radius 1 is 1.29 bits per heavy atom. The van der Waals surface area contributed by atoms with E-state index in [1.807, 2.05) is 43.5 Å². The molecule has 2 atom stereocenters. The van der Waals surface area contributed by atoms with E-state index in [9.17, 15) is 9.59 Å². The molecular formula is C17H24N3O3S+. The number of nitrogens with one attached hydrogen (secondary N) is 3. The third-order valence-electron chi connectivity index (χ3n) is 3.66. The lowest BCUT2D eigenvalue weighted by atomic mass is 10.3. The van der Waals surface area contributed by atoms with Gasteiger partial charge in [0.2, 0.25) is 0 Å². The highest BCUT2D eigenvalue weighted by Crippen LogP contribution is 2.06. The molecule has 0 spiro atoms. The molecule has 2 heterocycles. The van der Waals surface area contributed by atoms with Crippen molar-refractivity contribution in [2.45, 2.75) is 39.4 Å². The summed E-state index contributed by atoms with van der Waals surface area (Å²) in [6, 6.07) is 7.35. The van der Waals surface area contributed by atoms with Crippen LogP contribution in [-0.2, 0) is 17.9 Å². The van der Waals surface area contributed by atoms with E-state index in [1.54, 1.807) is 17.6 Å². The summed E-state index contributed by atoms with van der Waals surface area (Å²) in [5, 5.41) is 7.14. The lowest BCUT2D eigenvalue weighted by Crippen LogP contribution is -3.10. The molecule has 0 radical (unpaired) electrons. The number of hydrogen-bond donors (Lipinski definition) is 3. The second-order valence-corrected chi connectivity index (χ2v) is 6.80. The fourth-order valence-corrected chi connectivity index (χ4v) is 3.04. The van der Waals surface area contributed by atoms with Gasteiger partial charge in [-0.25, -0.2) is 4.79 Å². The van der Waals surface area contributed by atoms with E-state index >= 15 is 0 Å². The third kappa shape index (κ3) is 6.17. The lowest BCUT2D eigenvalue weighted by molar-refractivity contribution is -0.920. The summed E-state index contributed by atoms with van der Waals surface area (Å²) in [6.07, 6.45) is 2.44. The van der Waals surface area contributed by atoms with Crippen LogP contribution in [0, 0.1) is 0 Å². The third-order valence-corrected chi connectivity index (χ3v) is 4.54. The first-order chi connectivity index (χ1) is 11.6. The normalized spacial score (nSPS) is 13.2. The number of amides is 3. The zero-order valence-corrected chi connectivity index (χ0v) is 14.8. The molecule has 24 heavy (non-hydrogen) atoms. The van der Waals surface area contributed by atoms with E-state index in [4.69, 9.17) is 4.42 Å². The molecule has 0 aliphatic heterocycles. The molecule has 0 aliphatic carbocycles. The molecule has 0 saturated heterocycles. The van der Waals surface area contributed by atoms with E-state index in [0.29, 0.717) is 13.1 Å². The molecule has 0 aromatic carbocycles. The number of quaternary nitrogens is 1. The second kappa shape index (κ2) is 9.24. The SMILES string of the molecule is CC[C@@H](C)NC(=O)NC(=O)C[NH+](Cc1ccco1)Cc1cccs1. The number of imide groups is 1. The van der Waals surface area contributed by atoms with Gasteiger partial charge in [-0.15, -0.1) is 11.3 Å². The number of thiophene rings is 1. The van der Waals surface area contributed by atoms with Crippen molar-refractivity contribution in [3.8, 4) is 0 Å². The molecule has 1 unspecified atom stereocenters. The van der Waals surface area contributed by atoms with Crippen LogP contribution in [0.3, 0.4) is 0 Å². The van der Waals surface area contributed by atoms with Crippen molar-refractivity contribution in [1.29, 1.82) is 0 Å². The van der Waals surface area contributed by atoms with Gasteiger partial charge in [0.25, 0.3) is 5.91 Å². The summed E-state index contributed by atoms with van der Waals surface area (Å²) in [5.41, 5.74) is 0. The van der Waals surface area contributed by atoms with E-state index in [2.05, 4.69) is 10.6 Å². The summed E-state index contributed by atoms with van der Waals surface area (Å²) in [6.45, 7) is 5.37. The number of urea groups is 1. The molecule has 7 heteroatoms. The highest BCUT2D eigenvalue weighted by molar-refractivity contribution is 7.09. The van der Waals surface area contributed by atoms with Crippen LogP contribution in [0.2, 0.25) is 0 Å². The fourth-order valence-electron chi connectivity index (χ4n) is 2.27. The van der Waals surface area contributed by atoms with E-state index in [-0.39, 0.29) is 18.5 Å². The van der Waals surface area contributed by atoms with Crippen LogP contribution >= 0.6 is 11.3 Å². The first-order valence-electron chi connectivity index (χ1n) is 8.05. The first kappa shape index (κ1) is 18.2. The van der Waals surface area contributed by atoms with Gasteiger partial charge in [-0.3, -0.25) is 10.1 Å². The fraction of sp³-hybridized carbons (Fsp3) is 0.412. The maximum atomic E-state index is 12.2. The van der Waals surface area contributed by atoms with Crippen LogP contribution in [0.4, 0.5) is 4.79 Å². The number of rotatable bonds is 8. The number of carbonyl (C=O) groups is 2. The summed E-state index contributed by atoms with van der Waals surface area (Å²) in [4.78, 5) is 26.1. The van der Waals surface area contributed by atoms with Gasteiger partial charge in [0, 0.05) is 6.04 Å². The molecule has 0 bridgehead atoms. The Morgan fingerprint density at radius 2 is 2.12 bits per heavy atom. The van der Waals surface area contributed by atoms with Crippen molar-refractivity contribution in [2.24, 2.45) is 0 Å². The lowest BCUT2D eigenvalue weighted by Gasteiger charge is -2.18. The molecule has 0 saturated carbocycles. The largest absolute Gasteiger partial charge is 0.463 e. The molecule has 0 fully saturated rings. The predicted molar refractivity (Wildman–Crippen MR) is 92.7 cm³/mol. The second-order valence-electron chi connectivity index (χ2n) is 5.77. The smallest absolute Gasteiger partial charge is 0.321 e. The van der Waals surface area contributed by atoms with Gasteiger partial charge < -0.3 is 14.6 Å². The Hall–Kier alpha value is -2.12. The Morgan fingerprint density at radius 3 is 2.75 bits per heavy atom. The molecule has 3 N–H and O–H groups in total. The van der Waals surface area contributed by atoms with Gasteiger partial charge in [0.05, 0.1) is 11.1 Å². The summed E-state index contributed by atoms with van der Waals surface area (Å²) >= 11 is 1.65. The molecular weight excluding hydrogens is 326 g/mol. The number of carbonyl (C=O) groups excluding carboxylic acids is 2. The minimum Gasteiger partial charge on any atom is -0.463 e. The molecule has 130 valence electrons. The zero-order chi connectivity index (χ0) is 17.4. The van der Waals surface area contributed by atoms with Gasteiger partial charge in [-0.05, 0) is 36.9 Å². The minimum atomic E-state index is -0.442. The van der Waals surface area contributed by atoms with Crippen molar-refractivity contribution < 1.29 is 18.9 Å². The van der Waals surface area contributed by atoms with Crippen molar-refractivity contribution in [2.75, 3.05) is 6.54 Å². The van der Waals surface area contributed by atoms with Crippen LogP contribution in [0.1, 0.15) is 30.9 Å². The first-order valence-corrected chi connectivity index (χ1v) is 8.93. The molecule has 3 amide bonds. The van der Waals surface area contributed by atoms with Crippen molar-refractivity contribution >= 4 is 23.3 Å². The summed E-state index contributed by atoms with van der Waals surface area (Å²) in [7, 11) is 0. The van der Waals surface area contributed by atoms with Crippen molar-refractivity contribution in [1.82, 2.24) is 10.6 Å². The van der Waals surface area contributed by atoms with Crippen LogP contribution in [-0.4, -0.2) is 24.5 Å². The van der Waals surface area contributed by atoms with Crippen LogP contribution < -0.4 is 15.5 Å². The molecule has 0 aliphatic rings. The van der Waals surface area contributed by atoms with Crippen LogP contribution in [0.25, 0.3) is 0 Å². The number of furan rings is 1. The Labute approximate surface area is 145 Å². The Balaban J connectivity index is 1.91. The van der Waals surface area contributed by atoms with Gasteiger partial charge in [-0.1, -0.05) is 13.0 Å². The van der Waals surface area contributed by atoms with Crippen LogP contribution in [0.15, 0.2) is 40.3 Å². The highest BCUT2D eigenvalue weighted by Gasteiger charge is 2.19. The monoisotopic (exact) mass is 350 g/mol. The van der Waals surface area contributed by atoms with Gasteiger partial charge in [0.1, 0.15) is 13.1 Å². The average molecular weight is 350 g/mol. The average Bonchev–Trinajstić information content (AvgIpc) is 3.20. The van der Waals surface area contributed by atoms with Gasteiger partial charge in [-0.2, -0.15) is 0 Å². The topological polar surface area (TPSA) is 75.8 Å². The number of hydrogen-bond acceptors (Lipinski definition) is 4. The molecule has 2 rings (SSSR count). The quantitative estimate of drug-likeness (QED) is 0.676. The van der Waals surface area contributed by atoms with Crippen molar-refractivity contribution in [3.05, 3.63) is 46.5 Å². The van der Waals surface area contributed by atoms with E-state index in [1.165, 1.54) is 4.88 Å². The predicted octanol–water partition coefficient (Wildman–Crippen LogP) is 1.55. The van der Waals surface area contributed by atoms with Crippen LogP contribution in [0.5, 0.6) is 0 Å².